The maximum absolute atomic E-state index is 12.3. The van der Waals surface area contributed by atoms with E-state index in [1.807, 2.05) is 18.2 Å². The Labute approximate surface area is 161 Å². The van der Waals surface area contributed by atoms with E-state index in [0.29, 0.717) is 29.3 Å². The highest BCUT2D eigenvalue weighted by atomic mass is 16.5. The van der Waals surface area contributed by atoms with E-state index in [4.69, 9.17) is 4.74 Å². The average molecular weight is 379 g/mol. The number of amides is 1. The Kier molecular flexibility index (Phi) is 5.29. The Bertz CT molecular complexity index is 989. The SMILES string of the molecule is O=C(NCC1CCCCO1)c1ccc(-n2[nH]c(-c3ccccn3)cc2=O)nc1. The van der Waals surface area contributed by atoms with E-state index in [9.17, 15) is 9.59 Å². The van der Waals surface area contributed by atoms with Crippen LogP contribution in [0.3, 0.4) is 0 Å². The smallest absolute Gasteiger partial charge is 0.273 e. The molecule has 8 nitrogen and oxygen atoms in total. The number of ether oxygens (including phenoxy) is 1. The minimum atomic E-state index is -0.250. The van der Waals surface area contributed by atoms with Gasteiger partial charge >= 0.3 is 0 Å². The van der Waals surface area contributed by atoms with E-state index in [1.165, 1.54) is 16.9 Å². The quantitative estimate of drug-likeness (QED) is 0.705. The third-order valence-electron chi connectivity index (χ3n) is 4.66. The molecular formula is C20H21N5O3. The first kappa shape index (κ1) is 18.1. The molecule has 0 aromatic carbocycles. The molecule has 3 aromatic rings. The number of hydrogen-bond acceptors (Lipinski definition) is 5. The molecule has 1 unspecified atom stereocenters. The molecule has 1 atom stereocenters. The fourth-order valence-corrected chi connectivity index (χ4v) is 3.15. The van der Waals surface area contributed by atoms with E-state index in [-0.39, 0.29) is 17.6 Å². The predicted molar refractivity (Wildman–Crippen MR) is 103 cm³/mol. The third-order valence-corrected chi connectivity index (χ3v) is 4.66. The van der Waals surface area contributed by atoms with Crippen LogP contribution in [0.15, 0.2) is 53.6 Å². The fraction of sp³-hybridized carbons (Fsp3) is 0.300. The molecule has 0 aliphatic carbocycles. The van der Waals surface area contributed by atoms with Gasteiger partial charge in [0, 0.05) is 31.6 Å². The van der Waals surface area contributed by atoms with E-state index in [2.05, 4.69) is 20.4 Å². The molecule has 1 aliphatic rings. The van der Waals surface area contributed by atoms with Gasteiger partial charge in [-0.25, -0.2) is 9.67 Å². The molecule has 8 heteroatoms. The second-order valence-corrected chi connectivity index (χ2v) is 6.66. The molecule has 2 N–H and O–H groups in total. The van der Waals surface area contributed by atoms with Crippen molar-refractivity contribution in [1.82, 2.24) is 25.1 Å². The lowest BCUT2D eigenvalue weighted by Gasteiger charge is -2.22. The third kappa shape index (κ3) is 4.01. The van der Waals surface area contributed by atoms with Gasteiger partial charge in [-0.1, -0.05) is 6.07 Å². The molecular weight excluding hydrogens is 358 g/mol. The first-order valence-electron chi connectivity index (χ1n) is 9.30. The number of rotatable bonds is 5. The summed E-state index contributed by atoms with van der Waals surface area (Å²) in [6.07, 6.45) is 6.37. The summed E-state index contributed by atoms with van der Waals surface area (Å²) in [5.74, 6) is 0.195. The maximum atomic E-state index is 12.3. The highest BCUT2D eigenvalue weighted by Gasteiger charge is 2.16. The zero-order valence-corrected chi connectivity index (χ0v) is 15.3. The number of aromatic nitrogens is 4. The normalized spacial score (nSPS) is 16.6. The van der Waals surface area contributed by atoms with Crippen molar-refractivity contribution in [2.45, 2.75) is 25.4 Å². The zero-order valence-electron chi connectivity index (χ0n) is 15.3. The molecule has 1 saturated heterocycles. The summed E-state index contributed by atoms with van der Waals surface area (Å²) in [4.78, 5) is 33.1. The molecule has 0 bridgehead atoms. The number of carbonyl (C=O) groups is 1. The summed E-state index contributed by atoms with van der Waals surface area (Å²) in [5, 5.41) is 5.87. The van der Waals surface area contributed by atoms with Gasteiger partial charge in [0.2, 0.25) is 0 Å². The van der Waals surface area contributed by atoms with Crippen LogP contribution in [-0.2, 0) is 4.74 Å². The van der Waals surface area contributed by atoms with Crippen molar-refractivity contribution in [3.8, 4) is 17.2 Å². The lowest BCUT2D eigenvalue weighted by atomic mass is 10.1. The Hall–Kier alpha value is -3.26. The van der Waals surface area contributed by atoms with Crippen LogP contribution in [0, 0.1) is 0 Å². The van der Waals surface area contributed by atoms with Crippen LogP contribution in [0.25, 0.3) is 17.2 Å². The maximum Gasteiger partial charge on any atom is 0.273 e. The van der Waals surface area contributed by atoms with Crippen molar-refractivity contribution in [3.05, 3.63) is 64.7 Å². The highest BCUT2D eigenvalue weighted by Crippen LogP contribution is 2.13. The van der Waals surface area contributed by atoms with Gasteiger partial charge < -0.3 is 10.1 Å². The monoisotopic (exact) mass is 379 g/mol. The molecule has 0 spiro atoms. The molecule has 28 heavy (non-hydrogen) atoms. The van der Waals surface area contributed by atoms with Crippen LogP contribution in [0.4, 0.5) is 0 Å². The van der Waals surface area contributed by atoms with E-state index in [1.54, 1.807) is 18.3 Å². The zero-order chi connectivity index (χ0) is 19.3. The second-order valence-electron chi connectivity index (χ2n) is 6.66. The van der Waals surface area contributed by atoms with Gasteiger partial charge in [0.15, 0.2) is 5.82 Å². The topological polar surface area (TPSA) is 102 Å². The lowest BCUT2D eigenvalue weighted by molar-refractivity contribution is 0.0169. The van der Waals surface area contributed by atoms with Gasteiger partial charge in [0.05, 0.1) is 23.1 Å². The van der Waals surface area contributed by atoms with Gasteiger partial charge in [0.25, 0.3) is 11.5 Å². The van der Waals surface area contributed by atoms with E-state index < -0.39 is 0 Å². The van der Waals surface area contributed by atoms with Crippen LogP contribution in [0.1, 0.15) is 29.6 Å². The average Bonchev–Trinajstić information content (AvgIpc) is 3.15. The van der Waals surface area contributed by atoms with E-state index in [0.717, 1.165) is 25.9 Å². The molecule has 4 rings (SSSR count). The summed E-state index contributed by atoms with van der Waals surface area (Å²) >= 11 is 0. The second kappa shape index (κ2) is 8.18. The first-order chi connectivity index (χ1) is 13.7. The number of aromatic amines is 1. The lowest BCUT2D eigenvalue weighted by Crippen LogP contribution is -2.35. The molecule has 1 fully saturated rings. The fourth-order valence-electron chi connectivity index (χ4n) is 3.15. The molecule has 1 amide bonds. The van der Waals surface area contributed by atoms with Gasteiger partial charge in [0.1, 0.15) is 0 Å². The molecule has 0 radical (unpaired) electrons. The van der Waals surface area contributed by atoms with Gasteiger partial charge in [-0.15, -0.1) is 0 Å². The number of pyridine rings is 2. The first-order valence-corrected chi connectivity index (χ1v) is 9.30. The molecule has 4 heterocycles. The minimum absolute atomic E-state index is 0.0763. The van der Waals surface area contributed by atoms with Crippen LogP contribution >= 0.6 is 0 Å². The van der Waals surface area contributed by atoms with Crippen molar-refractivity contribution in [3.63, 3.8) is 0 Å². The number of nitrogens with one attached hydrogen (secondary N) is 2. The largest absolute Gasteiger partial charge is 0.376 e. The van der Waals surface area contributed by atoms with Crippen molar-refractivity contribution in [2.24, 2.45) is 0 Å². The van der Waals surface area contributed by atoms with Crippen LogP contribution in [-0.4, -0.2) is 44.9 Å². The number of hydrogen-bond donors (Lipinski definition) is 2. The standard InChI is InChI=1S/C20H21N5O3/c26-19-11-17(16-6-1-3-9-21-16)24-25(19)18-8-7-14(12-22-18)20(27)23-13-15-5-2-4-10-28-15/h1,3,6-9,11-12,15,24H,2,4-5,10,13H2,(H,23,27). The van der Waals surface area contributed by atoms with Crippen LogP contribution in [0.2, 0.25) is 0 Å². The van der Waals surface area contributed by atoms with Gasteiger partial charge in [-0.3, -0.25) is 19.7 Å². The Morgan fingerprint density at radius 1 is 1.25 bits per heavy atom. The van der Waals surface area contributed by atoms with E-state index >= 15 is 0 Å². The molecule has 1 aliphatic heterocycles. The predicted octanol–water partition coefficient (Wildman–Crippen LogP) is 1.92. The number of carbonyl (C=O) groups excluding carboxylic acids is 1. The van der Waals surface area contributed by atoms with Crippen LogP contribution < -0.4 is 10.9 Å². The summed E-state index contributed by atoms with van der Waals surface area (Å²) < 4.78 is 6.94. The van der Waals surface area contributed by atoms with Crippen molar-refractivity contribution >= 4 is 5.91 Å². The van der Waals surface area contributed by atoms with Crippen molar-refractivity contribution in [1.29, 1.82) is 0 Å². The summed E-state index contributed by atoms with van der Waals surface area (Å²) in [6, 6.07) is 10.2. The van der Waals surface area contributed by atoms with Crippen molar-refractivity contribution < 1.29 is 9.53 Å². The number of nitrogens with zero attached hydrogens (tertiary/aromatic N) is 3. The summed E-state index contributed by atoms with van der Waals surface area (Å²) in [5.41, 5.74) is 1.45. The van der Waals surface area contributed by atoms with Gasteiger partial charge in [-0.2, -0.15) is 0 Å². The number of H-pyrrole nitrogens is 1. The highest BCUT2D eigenvalue weighted by molar-refractivity contribution is 5.93. The molecule has 144 valence electrons. The Balaban J connectivity index is 1.45. The Morgan fingerprint density at radius 3 is 2.89 bits per heavy atom. The van der Waals surface area contributed by atoms with Crippen molar-refractivity contribution in [2.75, 3.05) is 13.2 Å². The molecule has 0 saturated carbocycles. The molecule has 3 aromatic heterocycles. The van der Waals surface area contributed by atoms with Crippen LogP contribution in [0.5, 0.6) is 0 Å². The van der Waals surface area contributed by atoms with Gasteiger partial charge in [-0.05, 0) is 43.5 Å². The minimum Gasteiger partial charge on any atom is -0.376 e. The Morgan fingerprint density at radius 2 is 2.18 bits per heavy atom. The summed E-state index contributed by atoms with van der Waals surface area (Å²) in [6.45, 7) is 1.24. The summed E-state index contributed by atoms with van der Waals surface area (Å²) in [7, 11) is 0.